The maximum absolute atomic E-state index is 12.5. The van der Waals surface area contributed by atoms with E-state index < -0.39 is 16.0 Å². The van der Waals surface area contributed by atoms with E-state index >= 15 is 0 Å². The number of carbonyl (C=O) groups excluding carboxylic acids is 2. The zero-order valence-corrected chi connectivity index (χ0v) is 17.9. The molecular formula is C20H30N2O5S. The number of piperidine rings is 1. The quantitative estimate of drug-likeness (QED) is 0.645. The molecule has 1 aliphatic rings. The molecule has 0 aromatic heterocycles. The van der Waals surface area contributed by atoms with Crippen molar-refractivity contribution >= 4 is 21.9 Å². The number of amides is 1. The summed E-state index contributed by atoms with van der Waals surface area (Å²) in [6.07, 6.45) is 2.99. The van der Waals surface area contributed by atoms with Gasteiger partial charge in [-0.05, 0) is 57.4 Å². The molecule has 7 nitrogen and oxygen atoms in total. The molecule has 0 spiro atoms. The number of esters is 1. The maximum atomic E-state index is 12.5. The first-order chi connectivity index (χ1) is 13.2. The molecule has 0 bridgehead atoms. The minimum atomic E-state index is -3.58. The summed E-state index contributed by atoms with van der Waals surface area (Å²) in [5, 5.41) is 0. The predicted molar refractivity (Wildman–Crippen MR) is 106 cm³/mol. The van der Waals surface area contributed by atoms with Gasteiger partial charge >= 0.3 is 5.97 Å². The van der Waals surface area contributed by atoms with Crippen molar-refractivity contribution in [3.8, 4) is 0 Å². The van der Waals surface area contributed by atoms with Crippen molar-refractivity contribution in [2.75, 3.05) is 19.7 Å². The Labute approximate surface area is 167 Å². The second-order valence-electron chi connectivity index (χ2n) is 7.12. The van der Waals surface area contributed by atoms with Gasteiger partial charge < -0.3 is 9.64 Å². The normalized spacial score (nSPS) is 20.2. The van der Waals surface area contributed by atoms with E-state index in [1.807, 2.05) is 13.8 Å². The first-order valence-corrected chi connectivity index (χ1v) is 11.2. The van der Waals surface area contributed by atoms with Crippen LogP contribution in [0.1, 0.15) is 57.3 Å². The smallest absolute Gasteiger partial charge is 0.338 e. The summed E-state index contributed by atoms with van der Waals surface area (Å²) in [5.74, 6) is -0.841. The third kappa shape index (κ3) is 4.91. The Hall–Kier alpha value is -1.93. The Morgan fingerprint density at radius 2 is 1.61 bits per heavy atom. The molecule has 8 heteroatoms. The summed E-state index contributed by atoms with van der Waals surface area (Å²) in [7, 11) is -3.58. The number of ether oxygens (including phenoxy) is 1. The summed E-state index contributed by atoms with van der Waals surface area (Å²) < 4.78 is 31.5. The molecule has 0 N–H and O–H groups in total. The number of nitrogens with zero attached hydrogens (tertiary/aromatic N) is 2. The molecule has 156 valence electrons. The van der Waals surface area contributed by atoms with E-state index in [0.29, 0.717) is 13.1 Å². The molecule has 0 unspecified atom stereocenters. The van der Waals surface area contributed by atoms with Gasteiger partial charge in [0.25, 0.3) is 5.91 Å². The van der Waals surface area contributed by atoms with Gasteiger partial charge in [0.1, 0.15) is 0 Å². The van der Waals surface area contributed by atoms with Crippen molar-refractivity contribution in [3.63, 3.8) is 0 Å². The molecule has 2 rings (SSSR count). The van der Waals surface area contributed by atoms with E-state index in [1.54, 1.807) is 18.7 Å². The summed E-state index contributed by atoms with van der Waals surface area (Å²) in [6, 6.07) is 5.88. The lowest BCUT2D eigenvalue weighted by Crippen LogP contribution is -2.49. The molecule has 1 fully saturated rings. The molecule has 0 saturated carbocycles. The molecule has 1 amide bonds. The van der Waals surface area contributed by atoms with Crippen molar-refractivity contribution in [1.29, 1.82) is 0 Å². The SMILES string of the molecule is CCN(CC)S(=O)(=O)c1ccc(C(=O)OCC(=O)N2[C@H](C)CCC[C@H]2C)cc1. The molecule has 1 aromatic rings. The summed E-state index contributed by atoms with van der Waals surface area (Å²) in [4.78, 5) is 26.6. The Morgan fingerprint density at radius 1 is 1.07 bits per heavy atom. The molecule has 2 atom stereocenters. The molecule has 1 aliphatic heterocycles. The highest BCUT2D eigenvalue weighted by Crippen LogP contribution is 2.22. The molecule has 1 saturated heterocycles. The van der Waals surface area contributed by atoms with Gasteiger partial charge in [0.2, 0.25) is 10.0 Å². The van der Waals surface area contributed by atoms with Crippen LogP contribution in [0.2, 0.25) is 0 Å². The minimum absolute atomic E-state index is 0.125. The van der Waals surface area contributed by atoms with Crippen molar-refractivity contribution in [3.05, 3.63) is 29.8 Å². The average Bonchev–Trinajstić information content (AvgIpc) is 2.66. The predicted octanol–water partition coefficient (Wildman–Crippen LogP) is 2.66. The van der Waals surface area contributed by atoms with E-state index in [-0.39, 0.29) is 35.1 Å². The van der Waals surface area contributed by atoms with E-state index in [1.165, 1.54) is 28.6 Å². The van der Waals surface area contributed by atoms with Gasteiger partial charge in [-0.1, -0.05) is 13.8 Å². The van der Waals surface area contributed by atoms with Crippen LogP contribution in [0.25, 0.3) is 0 Å². The van der Waals surface area contributed by atoms with Crippen LogP contribution in [0.15, 0.2) is 29.2 Å². The zero-order valence-electron chi connectivity index (χ0n) is 17.1. The molecule has 1 heterocycles. The maximum Gasteiger partial charge on any atom is 0.338 e. The van der Waals surface area contributed by atoms with Gasteiger partial charge in [-0.2, -0.15) is 4.31 Å². The van der Waals surface area contributed by atoms with Gasteiger partial charge in [0.05, 0.1) is 10.5 Å². The first-order valence-electron chi connectivity index (χ1n) is 9.80. The Balaban J connectivity index is 2.00. The highest BCUT2D eigenvalue weighted by molar-refractivity contribution is 7.89. The number of sulfonamides is 1. The van der Waals surface area contributed by atoms with Crippen LogP contribution in [-0.2, 0) is 19.6 Å². The van der Waals surface area contributed by atoms with Gasteiger partial charge in [-0.3, -0.25) is 4.79 Å². The van der Waals surface area contributed by atoms with Gasteiger partial charge in [-0.25, -0.2) is 13.2 Å². The Bertz CT molecular complexity index is 777. The number of rotatable bonds is 7. The molecule has 28 heavy (non-hydrogen) atoms. The van der Waals surface area contributed by atoms with Crippen molar-refractivity contribution in [1.82, 2.24) is 9.21 Å². The van der Waals surface area contributed by atoms with Crippen molar-refractivity contribution in [2.24, 2.45) is 0 Å². The lowest BCUT2D eigenvalue weighted by atomic mass is 9.97. The largest absolute Gasteiger partial charge is 0.452 e. The first kappa shape index (κ1) is 22.4. The van der Waals surface area contributed by atoms with Gasteiger partial charge in [0, 0.05) is 25.2 Å². The standard InChI is InChI=1S/C20H30N2O5S/c1-5-21(6-2)28(25,26)18-12-10-17(11-13-18)20(24)27-14-19(23)22-15(3)8-7-9-16(22)4/h10-13,15-16H,5-9,14H2,1-4H3/t15-,16-/m1/s1. The number of hydrogen-bond donors (Lipinski definition) is 0. The molecule has 1 aromatic carbocycles. The monoisotopic (exact) mass is 410 g/mol. The average molecular weight is 411 g/mol. The summed E-state index contributed by atoms with van der Waals surface area (Å²) in [5.41, 5.74) is 0.214. The lowest BCUT2D eigenvalue weighted by Gasteiger charge is -2.38. The molecule has 0 aliphatic carbocycles. The van der Waals surface area contributed by atoms with Crippen molar-refractivity contribution < 1.29 is 22.7 Å². The molecule has 0 radical (unpaired) electrons. The second-order valence-corrected chi connectivity index (χ2v) is 9.06. The molecular weight excluding hydrogens is 380 g/mol. The van der Waals surface area contributed by atoms with Crippen LogP contribution < -0.4 is 0 Å². The number of benzene rings is 1. The highest BCUT2D eigenvalue weighted by Gasteiger charge is 2.29. The second kappa shape index (κ2) is 9.52. The van der Waals surface area contributed by atoms with Crippen LogP contribution in [0.3, 0.4) is 0 Å². The van der Waals surface area contributed by atoms with Gasteiger partial charge in [-0.15, -0.1) is 0 Å². The van der Waals surface area contributed by atoms with Gasteiger partial charge in [0.15, 0.2) is 6.61 Å². The number of carbonyl (C=O) groups is 2. The number of hydrogen-bond acceptors (Lipinski definition) is 5. The summed E-state index contributed by atoms with van der Waals surface area (Å²) in [6.45, 7) is 7.99. The highest BCUT2D eigenvalue weighted by atomic mass is 32.2. The van der Waals surface area contributed by atoms with Crippen LogP contribution in [0, 0.1) is 0 Å². The summed E-state index contributed by atoms with van der Waals surface area (Å²) >= 11 is 0. The minimum Gasteiger partial charge on any atom is -0.452 e. The third-order valence-electron chi connectivity index (χ3n) is 5.24. The zero-order chi connectivity index (χ0) is 20.9. The third-order valence-corrected chi connectivity index (χ3v) is 7.31. The van der Waals surface area contributed by atoms with E-state index in [2.05, 4.69) is 0 Å². The van der Waals surface area contributed by atoms with E-state index in [0.717, 1.165) is 19.3 Å². The van der Waals surface area contributed by atoms with Crippen molar-refractivity contribution in [2.45, 2.75) is 63.9 Å². The van der Waals surface area contributed by atoms with E-state index in [4.69, 9.17) is 4.74 Å². The Kier molecular flexibility index (Phi) is 7.60. The fourth-order valence-corrected chi connectivity index (χ4v) is 5.13. The lowest BCUT2D eigenvalue weighted by molar-refractivity contribution is -0.140. The van der Waals surface area contributed by atoms with Crippen LogP contribution in [-0.4, -0.2) is 61.3 Å². The fourth-order valence-electron chi connectivity index (χ4n) is 3.67. The Morgan fingerprint density at radius 3 is 2.11 bits per heavy atom. The number of likely N-dealkylation sites (tertiary alicyclic amines) is 1. The topological polar surface area (TPSA) is 84.0 Å². The van der Waals surface area contributed by atoms with Crippen LogP contribution >= 0.6 is 0 Å². The fraction of sp³-hybridized carbons (Fsp3) is 0.600. The van der Waals surface area contributed by atoms with Crippen LogP contribution in [0.5, 0.6) is 0 Å². The van der Waals surface area contributed by atoms with E-state index in [9.17, 15) is 18.0 Å². The van der Waals surface area contributed by atoms with Crippen LogP contribution in [0.4, 0.5) is 0 Å².